The molecule has 7 heteroatoms. The molecule has 3 aromatic heterocycles. The Hall–Kier alpha value is -2.40. The molecule has 0 aromatic carbocycles. The molecular weight excluding hydrogens is 413 g/mol. The Kier molecular flexibility index (Phi) is 5.51. The number of pyridine rings is 2. The fraction of sp³-hybridized carbons (Fsp3) is 0.300. The first-order valence-corrected chi connectivity index (χ1v) is 14.3. The third kappa shape index (κ3) is 4.66. The van der Waals surface area contributed by atoms with Crippen LogP contribution in [-0.2, 0) is 0 Å². The first kappa shape index (κ1) is 19.4. The minimum absolute atomic E-state index is 0.0178. The van der Waals surface area contributed by atoms with E-state index in [1.165, 1.54) is 4.35 Å². The van der Waals surface area contributed by atoms with Crippen LogP contribution in [0.25, 0.3) is 16.9 Å². The van der Waals surface area contributed by atoms with Crippen LogP contribution in [0.15, 0.2) is 30.7 Å². The molecule has 0 saturated carbocycles. The summed E-state index contributed by atoms with van der Waals surface area (Å²) in [6.45, 7) is 11.2. The molecule has 3 aromatic rings. The number of fused-ring (bicyclic) bond motifs is 1. The summed E-state index contributed by atoms with van der Waals surface area (Å²) in [4.78, 5) is 9.00. The van der Waals surface area contributed by atoms with Gasteiger partial charge in [0.05, 0.1) is 0 Å². The van der Waals surface area contributed by atoms with Crippen LogP contribution in [0.2, 0.25) is 24.3 Å². The van der Waals surface area contributed by atoms with Crippen molar-refractivity contribution in [3.8, 4) is 23.4 Å². The van der Waals surface area contributed by atoms with Gasteiger partial charge in [0, 0.05) is 0 Å². The summed E-state index contributed by atoms with van der Waals surface area (Å²) in [7, 11) is -1.45. The SMILES string of the molecule is CC(C)[As]c1cc(-n2ncc3cc(C#N)cnc32)ncc1C#C[Si](C)(C)C. The van der Waals surface area contributed by atoms with Crippen LogP contribution in [-0.4, -0.2) is 43.6 Å². The summed E-state index contributed by atoms with van der Waals surface area (Å²) >= 11 is -0.0178. The quantitative estimate of drug-likeness (QED) is 0.470. The molecule has 0 aliphatic carbocycles. The predicted molar refractivity (Wildman–Crippen MR) is 112 cm³/mol. The van der Waals surface area contributed by atoms with Crippen molar-refractivity contribution in [2.24, 2.45) is 0 Å². The number of nitrogens with zero attached hydrogens (tertiary/aromatic N) is 5. The van der Waals surface area contributed by atoms with Crippen LogP contribution in [0, 0.1) is 22.8 Å². The third-order valence-corrected chi connectivity index (χ3v) is 6.91. The van der Waals surface area contributed by atoms with Gasteiger partial charge in [-0.25, -0.2) is 0 Å². The third-order valence-electron chi connectivity index (χ3n) is 3.59. The van der Waals surface area contributed by atoms with Crippen molar-refractivity contribution in [3.63, 3.8) is 0 Å². The first-order valence-electron chi connectivity index (χ1n) is 8.75. The van der Waals surface area contributed by atoms with Gasteiger partial charge in [-0.2, -0.15) is 0 Å². The molecule has 0 saturated heterocycles. The summed E-state index contributed by atoms with van der Waals surface area (Å²) < 4.78 is 3.61. The second kappa shape index (κ2) is 7.68. The molecule has 3 heterocycles. The zero-order valence-corrected chi connectivity index (χ0v) is 19.0. The molecule has 0 unspecified atom stereocenters. The molecule has 0 amide bonds. The van der Waals surface area contributed by atoms with E-state index in [1.54, 1.807) is 23.1 Å². The molecular formula is C20H21AsN5Si. The predicted octanol–water partition coefficient (Wildman–Crippen LogP) is 3.07. The number of aromatic nitrogens is 4. The van der Waals surface area contributed by atoms with Crippen molar-refractivity contribution >= 4 is 39.2 Å². The van der Waals surface area contributed by atoms with E-state index in [0.29, 0.717) is 15.9 Å². The van der Waals surface area contributed by atoms with Crippen LogP contribution in [0.1, 0.15) is 25.0 Å². The van der Waals surface area contributed by atoms with Gasteiger partial charge in [0.2, 0.25) is 0 Å². The van der Waals surface area contributed by atoms with Crippen molar-refractivity contribution < 1.29 is 0 Å². The Morgan fingerprint density at radius 1 is 1.11 bits per heavy atom. The van der Waals surface area contributed by atoms with Crippen LogP contribution in [0.5, 0.6) is 0 Å². The summed E-state index contributed by atoms with van der Waals surface area (Å²) in [6.07, 6.45) is 5.15. The number of rotatable bonds is 3. The van der Waals surface area contributed by atoms with Gasteiger partial charge in [0.25, 0.3) is 0 Å². The van der Waals surface area contributed by atoms with Gasteiger partial charge in [-0.3, -0.25) is 0 Å². The normalized spacial score (nSPS) is 11.7. The van der Waals surface area contributed by atoms with E-state index in [0.717, 1.165) is 16.8 Å². The summed E-state index contributed by atoms with van der Waals surface area (Å²) in [5, 5.41) is 14.3. The standard InChI is InChI=1S/C20H21AsN5Si/c1-14(2)21-18-9-19(23-12-16(18)6-7-27(3,4)5)26-20-17(13-25-26)8-15(10-22)11-24-20/h8-9,11-14H,1-5H3. The first-order chi connectivity index (χ1) is 12.8. The van der Waals surface area contributed by atoms with E-state index < -0.39 is 8.07 Å². The Morgan fingerprint density at radius 3 is 2.56 bits per heavy atom. The molecule has 27 heavy (non-hydrogen) atoms. The number of hydrogen-bond donors (Lipinski definition) is 0. The molecule has 1 radical (unpaired) electrons. The molecule has 135 valence electrons. The van der Waals surface area contributed by atoms with Gasteiger partial charge in [-0.15, -0.1) is 0 Å². The molecule has 0 aliphatic heterocycles. The average molecular weight is 434 g/mol. The molecule has 3 rings (SSSR count). The molecule has 0 bridgehead atoms. The average Bonchev–Trinajstić information content (AvgIpc) is 3.02. The van der Waals surface area contributed by atoms with E-state index >= 15 is 0 Å². The van der Waals surface area contributed by atoms with Gasteiger partial charge in [0.1, 0.15) is 0 Å². The van der Waals surface area contributed by atoms with Gasteiger partial charge in [0.15, 0.2) is 0 Å². The summed E-state index contributed by atoms with van der Waals surface area (Å²) in [6, 6.07) is 6.00. The van der Waals surface area contributed by atoms with Gasteiger partial charge >= 0.3 is 168 Å². The van der Waals surface area contributed by atoms with Gasteiger partial charge in [-0.1, -0.05) is 0 Å². The van der Waals surface area contributed by atoms with E-state index in [2.05, 4.69) is 72.2 Å². The fourth-order valence-electron chi connectivity index (χ4n) is 2.44. The molecule has 0 spiro atoms. The van der Waals surface area contributed by atoms with Crippen molar-refractivity contribution in [3.05, 3.63) is 41.9 Å². The van der Waals surface area contributed by atoms with Gasteiger partial charge in [-0.05, 0) is 0 Å². The van der Waals surface area contributed by atoms with Crippen molar-refractivity contribution in [2.45, 2.75) is 38.2 Å². The van der Waals surface area contributed by atoms with Crippen molar-refractivity contribution in [2.75, 3.05) is 0 Å². The Bertz CT molecular complexity index is 1090. The Morgan fingerprint density at radius 2 is 1.89 bits per heavy atom. The minimum atomic E-state index is -1.45. The van der Waals surface area contributed by atoms with Crippen molar-refractivity contribution in [1.29, 1.82) is 5.26 Å². The van der Waals surface area contributed by atoms with Gasteiger partial charge < -0.3 is 0 Å². The zero-order valence-electron chi connectivity index (χ0n) is 16.1. The molecule has 5 nitrogen and oxygen atoms in total. The Labute approximate surface area is 167 Å². The van der Waals surface area contributed by atoms with E-state index in [-0.39, 0.29) is 15.8 Å². The maximum atomic E-state index is 9.04. The van der Waals surface area contributed by atoms with Crippen LogP contribution in [0.4, 0.5) is 0 Å². The topological polar surface area (TPSA) is 67.4 Å². The number of nitriles is 1. The van der Waals surface area contributed by atoms with E-state index in [1.807, 2.05) is 6.20 Å². The maximum absolute atomic E-state index is 9.04. The van der Waals surface area contributed by atoms with E-state index in [4.69, 9.17) is 5.26 Å². The zero-order chi connectivity index (χ0) is 19.6. The Balaban J connectivity index is 2.09. The second-order valence-corrected chi connectivity index (χ2v) is 16.1. The second-order valence-electron chi connectivity index (χ2n) is 7.59. The summed E-state index contributed by atoms with van der Waals surface area (Å²) in [5.74, 6) is 4.12. The van der Waals surface area contributed by atoms with Crippen molar-refractivity contribution in [1.82, 2.24) is 19.7 Å². The van der Waals surface area contributed by atoms with Crippen LogP contribution in [0.3, 0.4) is 0 Å². The molecule has 0 atom stereocenters. The van der Waals surface area contributed by atoms with Crippen LogP contribution >= 0.6 is 0 Å². The molecule has 0 N–H and O–H groups in total. The fourth-order valence-corrected chi connectivity index (χ4v) is 5.04. The summed E-state index contributed by atoms with van der Waals surface area (Å²) in [5.41, 5.74) is 5.71. The van der Waals surface area contributed by atoms with Crippen LogP contribution < -0.4 is 4.35 Å². The molecule has 0 aliphatic rings. The number of hydrogen-bond acceptors (Lipinski definition) is 4. The van der Waals surface area contributed by atoms with E-state index in [9.17, 15) is 0 Å². The molecule has 0 fully saturated rings. The monoisotopic (exact) mass is 434 g/mol.